The first-order chi connectivity index (χ1) is 5.79. The lowest BCUT2D eigenvalue weighted by Gasteiger charge is -2.08. The summed E-state index contributed by atoms with van der Waals surface area (Å²) in [6.07, 6.45) is 5.62. The second kappa shape index (κ2) is 7.56. The molecule has 0 aromatic rings. The van der Waals surface area contributed by atoms with Crippen molar-refractivity contribution in [3.8, 4) is 0 Å². The third kappa shape index (κ3) is 4.07. The minimum Gasteiger partial charge on any atom is -0.175 e. The Hall–Kier alpha value is -0.0800. The zero-order chi connectivity index (χ0) is 9.40. The maximum atomic E-state index is 4.26. The lowest BCUT2D eigenvalue weighted by atomic mass is 10.1. The highest BCUT2D eigenvalue weighted by Crippen LogP contribution is 2.16. The molecule has 0 aromatic carbocycles. The lowest BCUT2D eigenvalue weighted by Crippen LogP contribution is -1.94. The number of rotatable bonds is 6. The molecule has 0 rings (SSSR count). The van der Waals surface area contributed by atoms with Gasteiger partial charge in [0, 0.05) is 11.5 Å². The molecule has 2 heteroatoms. The van der Waals surface area contributed by atoms with Crippen molar-refractivity contribution in [3.63, 3.8) is 0 Å². The summed E-state index contributed by atoms with van der Waals surface area (Å²) in [5.74, 6) is 1.57. The van der Waals surface area contributed by atoms with Crippen LogP contribution in [-0.4, -0.2) is 11.5 Å². The third-order valence-electron chi connectivity index (χ3n) is 1.66. The van der Waals surface area contributed by atoms with Crippen molar-refractivity contribution in [2.45, 2.75) is 12.8 Å². The monoisotopic (exact) mass is 200 g/mol. The number of thiol groups is 2. The number of hydrogen-bond acceptors (Lipinski definition) is 2. The fourth-order valence-electron chi connectivity index (χ4n) is 0.990. The molecule has 0 spiro atoms. The first-order valence-electron chi connectivity index (χ1n) is 3.93. The number of allylic oxidation sites excluding steroid dienone is 2. The molecule has 0 bridgehead atoms. The van der Waals surface area contributed by atoms with Gasteiger partial charge in [0.25, 0.3) is 0 Å². The van der Waals surface area contributed by atoms with Crippen molar-refractivity contribution >= 4 is 25.3 Å². The van der Waals surface area contributed by atoms with Gasteiger partial charge in [-0.25, -0.2) is 0 Å². The van der Waals surface area contributed by atoms with Crippen molar-refractivity contribution in [2.75, 3.05) is 11.5 Å². The zero-order valence-corrected chi connectivity index (χ0v) is 9.08. The van der Waals surface area contributed by atoms with Gasteiger partial charge in [-0.1, -0.05) is 23.3 Å². The summed E-state index contributed by atoms with van der Waals surface area (Å²) in [5, 5.41) is 0. The summed E-state index contributed by atoms with van der Waals surface area (Å²) < 4.78 is 0. The standard InChI is InChI=1S/C10H16S2/c1-3-5-9(7-11)10(8-12)6-4-2/h3-4,11-12H,1-2,5-8H2/b10-9+. The van der Waals surface area contributed by atoms with E-state index in [2.05, 4.69) is 38.4 Å². The van der Waals surface area contributed by atoms with E-state index >= 15 is 0 Å². The average Bonchev–Trinajstić information content (AvgIpc) is 2.11. The maximum absolute atomic E-state index is 4.26. The molecular formula is C10H16S2. The molecule has 0 saturated carbocycles. The quantitative estimate of drug-likeness (QED) is 0.477. The van der Waals surface area contributed by atoms with Crippen LogP contribution < -0.4 is 0 Å². The van der Waals surface area contributed by atoms with Crippen LogP contribution in [0, 0.1) is 0 Å². The van der Waals surface area contributed by atoms with E-state index in [-0.39, 0.29) is 0 Å². The minimum absolute atomic E-state index is 0.787. The van der Waals surface area contributed by atoms with Gasteiger partial charge in [0.2, 0.25) is 0 Å². The molecule has 0 fully saturated rings. The van der Waals surface area contributed by atoms with E-state index in [9.17, 15) is 0 Å². The Morgan fingerprint density at radius 3 is 1.42 bits per heavy atom. The van der Waals surface area contributed by atoms with E-state index in [4.69, 9.17) is 0 Å². The van der Waals surface area contributed by atoms with Gasteiger partial charge >= 0.3 is 0 Å². The first kappa shape index (κ1) is 11.9. The predicted molar refractivity (Wildman–Crippen MR) is 64.4 cm³/mol. The molecule has 68 valence electrons. The molecule has 0 aliphatic carbocycles. The van der Waals surface area contributed by atoms with Gasteiger partial charge in [0.05, 0.1) is 0 Å². The SMILES string of the molecule is C=CC/C(CS)=C(\CS)CC=C. The van der Waals surface area contributed by atoms with Gasteiger partial charge in [0.1, 0.15) is 0 Å². The van der Waals surface area contributed by atoms with Crippen LogP contribution in [-0.2, 0) is 0 Å². The van der Waals surface area contributed by atoms with E-state index in [0.29, 0.717) is 0 Å². The maximum Gasteiger partial charge on any atom is 0.0119 e. The van der Waals surface area contributed by atoms with Crippen molar-refractivity contribution in [1.29, 1.82) is 0 Å². The highest BCUT2D eigenvalue weighted by molar-refractivity contribution is 7.80. The van der Waals surface area contributed by atoms with Gasteiger partial charge in [-0.2, -0.15) is 25.3 Å². The molecular weight excluding hydrogens is 184 g/mol. The Kier molecular flexibility index (Phi) is 7.51. The van der Waals surface area contributed by atoms with Gasteiger partial charge in [-0.3, -0.25) is 0 Å². The van der Waals surface area contributed by atoms with Crippen LogP contribution in [0.2, 0.25) is 0 Å². The van der Waals surface area contributed by atoms with Crippen LogP contribution in [0.15, 0.2) is 36.5 Å². The molecule has 0 heterocycles. The van der Waals surface area contributed by atoms with Crippen LogP contribution in [0.25, 0.3) is 0 Å². The molecule has 0 saturated heterocycles. The fraction of sp³-hybridized carbons (Fsp3) is 0.400. The van der Waals surface area contributed by atoms with Gasteiger partial charge in [-0.05, 0) is 12.8 Å². The average molecular weight is 200 g/mol. The third-order valence-corrected chi connectivity index (χ3v) is 2.43. The van der Waals surface area contributed by atoms with E-state index in [0.717, 1.165) is 24.3 Å². The molecule has 0 atom stereocenters. The Morgan fingerprint density at radius 1 is 0.917 bits per heavy atom. The Balaban J connectivity index is 4.46. The van der Waals surface area contributed by atoms with Crippen LogP contribution in [0.5, 0.6) is 0 Å². The lowest BCUT2D eigenvalue weighted by molar-refractivity contribution is 1.10. The van der Waals surface area contributed by atoms with Crippen molar-refractivity contribution in [1.82, 2.24) is 0 Å². The first-order valence-corrected chi connectivity index (χ1v) is 5.19. The highest BCUT2D eigenvalue weighted by atomic mass is 32.1. The van der Waals surface area contributed by atoms with Gasteiger partial charge in [0.15, 0.2) is 0 Å². The normalized spacial score (nSPS) is 12.2. The second-order valence-electron chi connectivity index (χ2n) is 2.51. The second-order valence-corrected chi connectivity index (χ2v) is 3.14. The van der Waals surface area contributed by atoms with Crippen molar-refractivity contribution in [3.05, 3.63) is 36.5 Å². The summed E-state index contributed by atoms with van der Waals surface area (Å²) in [4.78, 5) is 0. The van der Waals surface area contributed by atoms with Crippen LogP contribution in [0.4, 0.5) is 0 Å². The Bertz CT molecular complexity index is 160. The van der Waals surface area contributed by atoms with Crippen molar-refractivity contribution < 1.29 is 0 Å². The molecule has 12 heavy (non-hydrogen) atoms. The van der Waals surface area contributed by atoms with E-state index < -0.39 is 0 Å². The van der Waals surface area contributed by atoms with Crippen LogP contribution in [0.1, 0.15) is 12.8 Å². The zero-order valence-electron chi connectivity index (χ0n) is 7.29. The molecule has 0 nitrogen and oxygen atoms in total. The summed E-state index contributed by atoms with van der Waals surface area (Å²) in [7, 11) is 0. The molecule has 0 aromatic heterocycles. The summed E-state index contributed by atoms with van der Waals surface area (Å²) in [6, 6.07) is 0. The van der Waals surface area contributed by atoms with Crippen LogP contribution in [0.3, 0.4) is 0 Å². The van der Waals surface area contributed by atoms with Crippen molar-refractivity contribution in [2.24, 2.45) is 0 Å². The molecule has 0 radical (unpaired) electrons. The van der Waals surface area contributed by atoms with Gasteiger partial charge in [-0.15, -0.1) is 13.2 Å². The molecule has 0 unspecified atom stereocenters. The molecule has 0 aliphatic heterocycles. The Morgan fingerprint density at radius 2 is 1.25 bits per heavy atom. The topological polar surface area (TPSA) is 0 Å². The smallest absolute Gasteiger partial charge is 0.0119 e. The fourth-order valence-corrected chi connectivity index (χ4v) is 1.70. The van der Waals surface area contributed by atoms with E-state index in [1.54, 1.807) is 0 Å². The van der Waals surface area contributed by atoms with Gasteiger partial charge < -0.3 is 0 Å². The minimum atomic E-state index is 0.787. The molecule has 0 N–H and O–H groups in total. The Labute approximate surface area is 86.3 Å². The highest BCUT2D eigenvalue weighted by Gasteiger charge is 2.00. The number of hydrogen-bond donors (Lipinski definition) is 2. The van der Waals surface area contributed by atoms with Crippen LogP contribution >= 0.6 is 25.3 Å². The molecule has 0 amide bonds. The van der Waals surface area contributed by atoms with E-state index in [1.165, 1.54) is 11.1 Å². The largest absolute Gasteiger partial charge is 0.175 e. The summed E-state index contributed by atoms with van der Waals surface area (Å²) in [6.45, 7) is 7.41. The van der Waals surface area contributed by atoms with E-state index in [1.807, 2.05) is 12.2 Å². The molecule has 0 aliphatic rings. The summed E-state index contributed by atoms with van der Waals surface area (Å²) >= 11 is 8.52. The summed E-state index contributed by atoms with van der Waals surface area (Å²) in [5.41, 5.74) is 2.64. The predicted octanol–water partition coefficient (Wildman–Crippen LogP) is 3.29.